The number of carbonyl (C=O) groups is 2. The van der Waals surface area contributed by atoms with Crippen LogP contribution in [0.2, 0.25) is 0 Å². The lowest BCUT2D eigenvalue weighted by Gasteiger charge is -1.97. The number of carbonyl (C=O) groups excluding carboxylic acids is 1. The Hall–Kier alpha value is -2.17. The molecule has 0 aliphatic rings. The normalized spacial score (nSPS) is 10.4. The van der Waals surface area contributed by atoms with Gasteiger partial charge in [0, 0.05) is 0 Å². The topological polar surface area (TPSA) is 76.5 Å². The molecule has 90 valence electrons. The van der Waals surface area contributed by atoms with Crippen molar-refractivity contribution in [1.29, 1.82) is 0 Å². The highest BCUT2D eigenvalue weighted by Crippen LogP contribution is 2.02. The molecule has 0 atom stereocenters. The van der Waals surface area contributed by atoms with Crippen LogP contribution < -0.4 is 0 Å². The van der Waals surface area contributed by atoms with Crippen LogP contribution in [0.3, 0.4) is 0 Å². The maximum Gasteiger partial charge on any atom is 0.354 e. The molecular weight excluding hydrogens is 222 g/mol. The van der Waals surface area contributed by atoms with Gasteiger partial charge < -0.3 is 9.84 Å². The van der Waals surface area contributed by atoms with Crippen molar-refractivity contribution in [3.8, 4) is 0 Å². The van der Waals surface area contributed by atoms with E-state index >= 15 is 0 Å². The Balaban J connectivity index is 2.62. The number of rotatable bonds is 5. The zero-order chi connectivity index (χ0) is 12.7. The maximum atomic E-state index is 11.0. The maximum absolute atomic E-state index is 11.0. The Morgan fingerprint density at radius 3 is 2.88 bits per heavy atom. The van der Waals surface area contributed by atoms with Gasteiger partial charge in [0.2, 0.25) is 0 Å². The van der Waals surface area contributed by atoms with Crippen LogP contribution >= 0.6 is 0 Å². The highest BCUT2D eigenvalue weighted by molar-refractivity contribution is 5.85. The van der Waals surface area contributed by atoms with E-state index in [1.165, 1.54) is 6.07 Å². The summed E-state index contributed by atoms with van der Waals surface area (Å²) in [5.74, 6) is -1.40. The molecular formula is C12H13NO4. The van der Waals surface area contributed by atoms with Crippen molar-refractivity contribution in [1.82, 2.24) is 4.98 Å². The molecule has 0 fully saturated rings. The van der Waals surface area contributed by atoms with Crippen LogP contribution in [0.4, 0.5) is 0 Å². The summed E-state index contributed by atoms with van der Waals surface area (Å²) in [4.78, 5) is 25.6. The molecule has 0 aliphatic carbocycles. The summed E-state index contributed by atoms with van der Waals surface area (Å²) in [5.41, 5.74) is 0.470. The molecule has 0 amide bonds. The zero-order valence-corrected chi connectivity index (χ0v) is 9.42. The summed E-state index contributed by atoms with van der Waals surface area (Å²) in [6.07, 6.45) is 3.32. The summed E-state index contributed by atoms with van der Waals surface area (Å²) < 4.78 is 4.74. The number of esters is 1. The average molecular weight is 235 g/mol. The second-order valence-corrected chi connectivity index (χ2v) is 3.16. The summed E-state index contributed by atoms with van der Waals surface area (Å²) in [7, 11) is 0. The number of hydrogen-bond acceptors (Lipinski definition) is 4. The van der Waals surface area contributed by atoms with Gasteiger partial charge in [-0.15, -0.1) is 0 Å². The molecule has 1 N–H and O–H groups in total. The lowest BCUT2D eigenvalue weighted by Crippen LogP contribution is -2.02. The predicted octanol–water partition coefficient (Wildman–Crippen LogP) is 1.75. The first kappa shape index (κ1) is 12.9. The molecule has 0 saturated heterocycles. The third-order valence-electron chi connectivity index (χ3n) is 1.87. The van der Waals surface area contributed by atoms with E-state index in [-0.39, 0.29) is 18.1 Å². The van der Waals surface area contributed by atoms with Crippen molar-refractivity contribution in [2.24, 2.45) is 0 Å². The second-order valence-electron chi connectivity index (χ2n) is 3.16. The van der Waals surface area contributed by atoms with E-state index in [0.717, 1.165) is 0 Å². The number of hydrogen-bond donors (Lipinski definition) is 1. The van der Waals surface area contributed by atoms with Crippen molar-refractivity contribution >= 4 is 18.0 Å². The number of carboxylic acid groups (broad SMARTS) is 1. The molecule has 1 aromatic rings. The fourth-order valence-corrected chi connectivity index (χ4v) is 1.16. The van der Waals surface area contributed by atoms with E-state index in [0.29, 0.717) is 12.3 Å². The van der Waals surface area contributed by atoms with E-state index in [9.17, 15) is 9.59 Å². The van der Waals surface area contributed by atoms with Crippen LogP contribution in [0.15, 0.2) is 24.3 Å². The van der Waals surface area contributed by atoms with Crippen LogP contribution in [-0.4, -0.2) is 28.6 Å². The fraction of sp³-hybridized carbons (Fsp3) is 0.250. The lowest BCUT2D eigenvalue weighted by atomic mass is 10.2. The molecule has 0 radical (unpaired) electrons. The SMILES string of the molecule is CCOC(=O)CC=Cc1cccc(C(=O)O)n1. The second kappa shape index (κ2) is 6.42. The van der Waals surface area contributed by atoms with E-state index in [1.54, 1.807) is 31.2 Å². The number of aromatic nitrogens is 1. The molecule has 0 spiro atoms. The van der Waals surface area contributed by atoms with E-state index < -0.39 is 5.97 Å². The summed E-state index contributed by atoms with van der Waals surface area (Å²) in [6, 6.07) is 4.67. The van der Waals surface area contributed by atoms with Crippen LogP contribution in [-0.2, 0) is 9.53 Å². The molecule has 0 saturated carbocycles. The van der Waals surface area contributed by atoms with Crippen molar-refractivity contribution < 1.29 is 19.4 Å². The molecule has 0 aliphatic heterocycles. The molecule has 0 unspecified atom stereocenters. The first-order valence-electron chi connectivity index (χ1n) is 5.16. The van der Waals surface area contributed by atoms with Gasteiger partial charge >= 0.3 is 11.9 Å². The van der Waals surface area contributed by atoms with Crippen molar-refractivity contribution in [3.05, 3.63) is 35.7 Å². The van der Waals surface area contributed by atoms with Gasteiger partial charge in [-0.1, -0.05) is 12.1 Å². The van der Waals surface area contributed by atoms with Gasteiger partial charge in [0.25, 0.3) is 0 Å². The molecule has 1 rings (SSSR count). The third-order valence-corrected chi connectivity index (χ3v) is 1.87. The standard InChI is InChI=1S/C12H13NO4/c1-2-17-11(14)8-4-6-9-5-3-7-10(13-9)12(15)16/h3-7H,2,8H2,1H3,(H,15,16). The van der Waals surface area contributed by atoms with Gasteiger partial charge in [0.05, 0.1) is 18.7 Å². The average Bonchev–Trinajstić information content (AvgIpc) is 2.30. The Kier molecular flexibility index (Phi) is 4.87. The monoisotopic (exact) mass is 235 g/mol. The Bertz CT molecular complexity index is 440. The first-order chi connectivity index (χ1) is 8.13. The van der Waals surface area contributed by atoms with Gasteiger partial charge in [0.1, 0.15) is 5.69 Å². The number of aromatic carboxylic acids is 1. The molecule has 0 bridgehead atoms. The molecule has 17 heavy (non-hydrogen) atoms. The Labute approximate surface area is 98.7 Å². The molecule has 5 nitrogen and oxygen atoms in total. The first-order valence-corrected chi connectivity index (χ1v) is 5.16. The molecule has 1 aromatic heterocycles. The van der Waals surface area contributed by atoms with Crippen LogP contribution in [0.1, 0.15) is 29.5 Å². The van der Waals surface area contributed by atoms with Crippen LogP contribution in [0.5, 0.6) is 0 Å². The highest BCUT2D eigenvalue weighted by Gasteiger charge is 2.03. The quantitative estimate of drug-likeness (QED) is 0.787. The van der Waals surface area contributed by atoms with Crippen molar-refractivity contribution in [3.63, 3.8) is 0 Å². The number of carboxylic acids is 1. The summed E-state index contributed by atoms with van der Waals surface area (Å²) >= 11 is 0. The van der Waals surface area contributed by atoms with Gasteiger partial charge in [-0.25, -0.2) is 9.78 Å². The fourth-order valence-electron chi connectivity index (χ4n) is 1.16. The van der Waals surface area contributed by atoms with Crippen molar-refractivity contribution in [2.75, 3.05) is 6.61 Å². The van der Waals surface area contributed by atoms with E-state index in [4.69, 9.17) is 9.84 Å². The zero-order valence-electron chi connectivity index (χ0n) is 9.42. The Morgan fingerprint density at radius 1 is 1.47 bits per heavy atom. The van der Waals surface area contributed by atoms with Gasteiger partial charge in [-0.05, 0) is 25.1 Å². The minimum atomic E-state index is -1.08. The van der Waals surface area contributed by atoms with Gasteiger partial charge in [-0.2, -0.15) is 0 Å². The Morgan fingerprint density at radius 2 is 2.24 bits per heavy atom. The number of pyridine rings is 1. The van der Waals surface area contributed by atoms with Crippen LogP contribution in [0.25, 0.3) is 6.08 Å². The molecule has 5 heteroatoms. The summed E-state index contributed by atoms with van der Waals surface area (Å²) in [5, 5.41) is 8.73. The van der Waals surface area contributed by atoms with Crippen LogP contribution in [0, 0.1) is 0 Å². The minimum Gasteiger partial charge on any atom is -0.477 e. The van der Waals surface area contributed by atoms with E-state index in [2.05, 4.69) is 4.98 Å². The van der Waals surface area contributed by atoms with Gasteiger partial charge in [0.15, 0.2) is 0 Å². The number of nitrogens with zero attached hydrogens (tertiary/aromatic N) is 1. The van der Waals surface area contributed by atoms with Crippen molar-refractivity contribution in [2.45, 2.75) is 13.3 Å². The smallest absolute Gasteiger partial charge is 0.354 e. The molecule has 0 aromatic carbocycles. The highest BCUT2D eigenvalue weighted by atomic mass is 16.5. The molecule has 1 heterocycles. The minimum absolute atomic E-state index is 0.0247. The predicted molar refractivity (Wildman–Crippen MR) is 61.5 cm³/mol. The largest absolute Gasteiger partial charge is 0.477 e. The van der Waals surface area contributed by atoms with E-state index in [1.807, 2.05) is 0 Å². The number of ether oxygens (including phenoxy) is 1. The lowest BCUT2D eigenvalue weighted by molar-refractivity contribution is -0.142. The third kappa shape index (κ3) is 4.46. The van der Waals surface area contributed by atoms with Gasteiger partial charge in [-0.3, -0.25) is 4.79 Å². The summed E-state index contributed by atoms with van der Waals surface area (Å²) in [6.45, 7) is 2.08.